The summed E-state index contributed by atoms with van der Waals surface area (Å²) in [5, 5.41) is 30.0. The molecule has 0 aliphatic heterocycles. The van der Waals surface area contributed by atoms with Gasteiger partial charge in [0.25, 0.3) is 0 Å². The largest absolute Gasteiger partial charge is 0.481 e. The van der Waals surface area contributed by atoms with Gasteiger partial charge < -0.3 is 20.1 Å². The third kappa shape index (κ3) is 13.5. The summed E-state index contributed by atoms with van der Waals surface area (Å²) in [6.07, 6.45) is 8.18. The maximum atomic E-state index is 11.5. The molecular weight excluding hydrogens is 805 g/mol. The number of carboxylic acid groups (broad SMARTS) is 1. The summed E-state index contributed by atoms with van der Waals surface area (Å²) in [5.74, 6) is 11.6. The van der Waals surface area contributed by atoms with Gasteiger partial charge in [-0.15, -0.1) is 0 Å². The molecule has 0 aliphatic rings. The van der Waals surface area contributed by atoms with Crippen molar-refractivity contribution in [3.8, 4) is 23.7 Å². The first kappa shape index (κ1) is 54.2. The van der Waals surface area contributed by atoms with Crippen LogP contribution in [0.25, 0.3) is 0 Å². The number of ether oxygens (including phenoxy) is 1. The molecular formula is C59H78O6. The Bertz CT molecular complexity index is 2350. The average molecular weight is 883 g/mol. The van der Waals surface area contributed by atoms with Gasteiger partial charge in [-0.1, -0.05) is 140 Å². The van der Waals surface area contributed by atoms with Crippen LogP contribution in [-0.2, 0) is 38.0 Å². The van der Waals surface area contributed by atoms with Crippen LogP contribution in [0.4, 0.5) is 0 Å². The topological polar surface area (TPSA) is 104 Å². The fourth-order valence-electron chi connectivity index (χ4n) is 9.02. The molecule has 0 atom stereocenters. The Morgan fingerprint density at radius 3 is 1.09 bits per heavy atom. The van der Waals surface area contributed by atoms with Crippen LogP contribution in [0.1, 0.15) is 186 Å². The van der Waals surface area contributed by atoms with E-state index in [-0.39, 0.29) is 23.2 Å². The predicted molar refractivity (Wildman–Crippen MR) is 269 cm³/mol. The number of carbonyl (C=O) groups excluding carboxylic acids is 1. The Morgan fingerprint density at radius 2 is 0.815 bits per heavy atom. The van der Waals surface area contributed by atoms with Crippen molar-refractivity contribution < 1.29 is 29.6 Å². The van der Waals surface area contributed by atoms with Gasteiger partial charge in [0, 0.05) is 34.8 Å². The number of carbonyl (C=O) groups is 2. The second-order valence-corrected chi connectivity index (χ2v) is 17.9. The van der Waals surface area contributed by atoms with Crippen molar-refractivity contribution in [2.75, 3.05) is 7.11 Å². The molecule has 0 spiro atoms. The summed E-state index contributed by atoms with van der Waals surface area (Å²) in [6, 6.07) is 26.2. The molecule has 0 fully saturated rings. The van der Waals surface area contributed by atoms with Gasteiger partial charge in [-0.25, -0.2) is 0 Å². The van der Waals surface area contributed by atoms with Crippen molar-refractivity contribution in [3.05, 3.63) is 140 Å². The molecule has 4 aromatic rings. The van der Waals surface area contributed by atoms with Crippen LogP contribution < -0.4 is 0 Å². The lowest BCUT2D eigenvalue weighted by molar-refractivity contribution is -0.140. The van der Waals surface area contributed by atoms with Gasteiger partial charge in [0.05, 0.1) is 7.11 Å². The zero-order chi connectivity index (χ0) is 48.6. The first-order valence-electron chi connectivity index (χ1n) is 24.0. The van der Waals surface area contributed by atoms with Crippen molar-refractivity contribution >= 4 is 11.9 Å². The second-order valence-electron chi connectivity index (χ2n) is 17.9. The van der Waals surface area contributed by atoms with Crippen LogP contribution >= 0.6 is 0 Å². The van der Waals surface area contributed by atoms with Gasteiger partial charge in [0.1, 0.15) is 11.2 Å². The normalized spacial score (nSPS) is 11.7. The summed E-state index contributed by atoms with van der Waals surface area (Å²) < 4.78 is 4.79. The van der Waals surface area contributed by atoms with Crippen molar-refractivity contribution in [1.29, 1.82) is 0 Å². The van der Waals surface area contributed by atoms with Gasteiger partial charge >= 0.3 is 11.9 Å². The van der Waals surface area contributed by atoms with Crippen LogP contribution in [0.2, 0.25) is 0 Å². The molecule has 0 amide bonds. The third-order valence-corrected chi connectivity index (χ3v) is 14.4. The molecule has 0 saturated heterocycles. The number of aliphatic hydroxyl groups is 2. The van der Waals surface area contributed by atoms with E-state index >= 15 is 0 Å². The number of rotatable bonds is 18. The number of hydrogen-bond donors (Lipinski definition) is 3. The summed E-state index contributed by atoms with van der Waals surface area (Å²) in [4.78, 5) is 22.5. The fourth-order valence-corrected chi connectivity index (χ4v) is 9.02. The number of hydrogen-bond acceptors (Lipinski definition) is 5. The van der Waals surface area contributed by atoms with Crippen LogP contribution in [0.5, 0.6) is 0 Å². The van der Waals surface area contributed by atoms with Crippen LogP contribution in [0, 0.1) is 51.4 Å². The standard InChI is InChI=1S/C30H40O3.C29H38O3/c1-8-29(32,9-2)19-18-25-13-16-27(21-23(25)6)30(10-3,11-4)26-15-12-24(22(5)20-26)14-17-28(31)33-7;1-7-28(32,8-2)18-17-24-12-15-26(20-22(24)6)29(9-3,10-4)25-14-11-23(21(5)19-25)13-16-27(30)31/h12-13,15-16,20-21,32H,8-11,14,17H2,1-7H3;11-12,14-15,19-20,32H,7-10,13,16H2,1-6H3,(H,30,31). The van der Waals surface area contributed by atoms with E-state index < -0.39 is 17.2 Å². The molecule has 65 heavy (non-hydrogen) atoms. The van der Waals surface area contributed by atoms with Gasteiger partial charge in [-0.3, -0.25) is 9.59 Å². The first-order chi connectivity index (χ1) is 30.8. The van der Waals surface area contributed by atoms with Crippen LogP contribution in [0.15, 0.2) is 72.8 Å². The molecule has 0 aromatic heterocycles. The Balaban J connectivity index is 0.000000345. The molecule has 4 aromatic carbocycles. The Kier molecular flexibility index (Phi) is 20.3. The van der Waals surface area contributed by atoms with E-state index in [0.29, 0.717) is 44.9 Å². The summed E-state index contributed by atoms with van der Waals surface area (Å²) in [5.41, 5.74) is 11.9. The lowest BCUT2D eigenvalue weighted by Crippen LogP contribution is -2.26. The minimum absolute atomic E-state index is 0.0874. The van der Waals surface area contributed by atoms with E-state index in [9.17, 15) is 19.8 Å². The predicted octanol–water partition coefficient (Wildman–Crippen LogP) is 12.7. The second kappa shape index (κ2) is 24.4. The van der Waals surface area contributed by atoms with E-state index in [1.807, 2.05) is 27.7 Å². The van der Waals surface area contributed by atoms with E-state index in [2.05, 4.69) is 152 Å². The summed E-state index contributed by atoms with van der Waals surface area (Å²) in [6.45, 7) is 25.2. The van der Waals surface area contributed by atoms with Crippen LogP contribution in [0.3, 0.4) is 0 Å². The molecule has 6 nitrogen and oxygen atoms in total. The van der Waals surface area contributed by atoms with E-state index in [0.717, 1.165) is 59.1 Å². The number of esters is 1. The SMILES string of the molecule is CCC(O)(C#Cc1ccc(C(CC)(CC)c2ccc(CCC(=O)O)c(C)c2)cc1C)CC.CCC(O)(C#Cc1ccc(C(CC)(CC)c2ccc(CCC(=O)OC)c(C)c2)cc1C)CC. The fraction of sp³-hybridized carbons (Fsp3) is 0.492. The molecule has 0 heterocycles. The smallest absolute Gasteiger partial charge is 0.305 e. The average Bonchev–Trinajstić information content (AvgIpc) is 3.31. The number of aryl methyl sites for hydroxylation is 6. The molecule has 0 radical (unpaired) electrons. The molecule has 0 bridgehead atoms. The van der Waals surface area contributed by atoms with E-state index in [1.165, 1.54) is 40.5 Å². The number of benzene rings is 4. The number of carboxylic acids is 1. The Hall–Kier alpha value is -5.14. The summed E-state index contributed by atoms with van der Waals surface area (Å²) in [7, 11) is 1.43. The highest BCUT2D eigenvalue weighted by molar-refractivity contribution is 5.69. The lowest BCUT2D eigenvalue weighted by atomic mass is 9.69. The zero-order valence-corrected chi connectivity index (χ0v) is 42.0. The van der Waals surface area contributed by atoms with Gasteiger partial charge in [-0.05, 0) is 160 Å². The molecule has 350 valence electrons. The molecule has 0 aliphatic carbocycles. The maximum Gasteiger partial charge on any atom is 0.305 e. The third-order valence-electron chi connectivity index (χ3n) is 14.4. The van der Waals surface area contributed by atoms with Crippen molar-refractivity contribution in [2.45, 2.75) is 182 Å². The van der Waals surface area contributed by atoms with Crippen LogP contribution in [-0.4, -0.2) is 45.6 Å². The van der Waals surface area contributed by atoms with Crippen molar-refractivity contribution in [1.82, 2.24) is 0 Å². The molecule has 4 rings (SSSR count). The van der Waals surface area contributed by atoms with Crippen molar-refractivity contribution in [3.63, 3.8) is 0 Å². The lowest BCUT2D eigenvalue weighted by Gasteiger charge is -2.34. The van der Waals surface area contributed by atoms with Gasteiger partial charge in [-0.2, -0.15) is 0 Å². The van der Waals surface area contributed by atoms with Gasteiger partial charge in [0.15, 0.2) is 0 Å². The quantitative estimate of drug-likeness (QED) is 0.0679. The van der Waals surface area contributed by atoms with Crippen molar-refractivity contribution in [2.24, 2.45) is 0 Å². The van der Waals surface area contributed by atoms with E-state index in [4.69, 9.17) is 9.84 Å². The first-order valence-corrected chi connectivity index (χ1v) is 24.0. The minimum atomic E-state index is -0.929. The summed E-state index contributed by atoms with van der Waals surface area (Å²) >= 11 is 0. The molecule has 0 saturated carbocycles. The highest BCUT2D eigenvalue weighted by Crippen LogP contribution is 2.42. The number of aliphatic carboxylic acids is 1. The van der Waals surface area contributed by atoms with E-state index in [1.54, 1.807) is 0 Å². The monoisotopic (exact) mass is 883 g/mol. The zero-order valence-electron chi connectivity index (χ0n) is 42.0. The molecule has 3 N–H and O–H groups in total. The van der Waals surface area contributed by atoms with Gasteiger partial charge in [0.2, 0.25) is 0 Å². The number of methoxy groups -OCH3 is 1. The molecule has 6 heteroatoms. The maximum absolute atomic E-state index is 11.5. The minimum Gasteiger partial charge on any atom is -0.481 e. The highest BCUT2D eigenvalue weighted by Gasteiger charge is 2.33. The Morgan fingerprint density at radius 1 is 0.492 bits per heavy atom. The Labute approximate surface area is 392 Å². The molecule has 0 unspecified atom stereocenters. The highest BCUT2D eigenvalue weighted by atomic mass is 16.5.